The molecule has 1 saturated heterocycles. The van der Waals surface area contributed by atoms with E-state index in [9.17, 15) is 0 Å². The molecule has 2 heterocycles. The van der Waals surface area contributed by atoms with Gasteiger partial charge in [0.05, 0.1) is 0 Å². The van der Waals surface area contributed by atoms with Crippen LogP contribution in [0.2, 0.25) is 0 Å². The third-order valence-corrected chi connectivity index (χ3v) is 4.08. The monoisotopic (exact) mass is 267 g/mol. The summed E-state index contributed by atoms with van der Waals surface area (Å²) in [6.07, 6.45) is 4.01. The van der Waals surface area contributed by atoms with Crippen molar-refractivity contribution in [2.24, 2.45) is 5.73 Å². The van der Waals surface area contributed by atoms with Crippen LogP contribution in [-0.2, 0) is 0 Å². The average Bonchev–Trinajstić information content (AvgIpc) is 2.48. The highest BCUT2D eigenvalue weighted by molar-refractivity contribution is 5.63. The van der Waals surface area contributed by atoms with Crippen LogP contribution >= 0.6 is 0 Å². The van der Waals surface area contributed by atoms with Gasteiger partial charge in [-0.2, -0.15) is 0 Å². The molecule has 0 aliphatic carbocycles. The van der Waals surface area contributed by atoms with Crippen LogP contribution in [0.3, 0.4) is 0 Å². The average molecular weight is 267 g/mol. The van der Waals surface area contributed by atoms with Gasteiger partial charge in [0.25, 0.3) is 0 Å². The van der Waals surface area contributed by atoms with Gasteiger partial charge in [-0.25, -0.2) is 4.98 Å². The summed E-state index contributed by atoms with van der Waals surface area (Å²) in [6, 6.07) is 14.6. The zero-order valence-electron chi connectivity index (χ0n) is 11.9. The molecule has 1 aliphatic rings. The number of piperidine rings is 1. The number of anilines is 1. The summed E-state index contributed by atoms with van der Waals surface area (Å²) >= 11 is 0. The molecule has 3 heteroatoms. The van der Waals surface area contributed by atoms with Crippen LogP contribution in [0.5, 0.6) is 0 Å². The van der Waals surface area contributed by atoms with Gasteiger partial charge in [-0.15, -0.1) is 0 Å². The molecule has 104 valence electrons. The fourth-order valence-corrected chi connectivity index (χ4v) is 2.62. The molecular weight excluding hydrogens is 246 g/mol. The van der Waals surface area contributed by atoms with E-state index in [0.29, 0.717) is 0 Å². The fraction of sp³-hybridized carbons (Fsp3) is 0.353. The van der Waals surface area contributed by atoms with E-state index in [1.165, 1.54) is 5.56 Å². The van der Waals surface area contributed by atoms with E-state index < -0.39 is 0 Å². The number of aromatic nitrogens is 1. The first-order chi connectivity index (χ1) is 9.64. The van der Waals surface area contributed by atoms with Gasteiger partial charge >= 0.3 is 0 Å². The fourth-order valence-electron chi connectivity index (χ4n) is 2.62. The first-order valence-electron chi connectivity index (χ1n) is 7.19. The number of benzene rings is 1. The maximum absolute atomic E-state index is 6.17. The van der Waals surface area contributed by atoms with Gasteiger partial charge in [0.2, 0.25) is 0 Å². The predicted octanol–water partition coefficient (Wildman–Crippen LogP) is 3.07. The van der Waals surface area contributed by atoms with Gasteiger partial charge in [-0.1, -0.05) is 30.3 Å². The Morgan fingerprint density at radius 3 is 2.30 bits per heavy atom. The molecule has 20 heavy (non-hydrogen) atoms. The molecule has 0 saturated carbocycles. The lowest BCUT2D eigenvalue weighted by Crippen LogP contribution is -2.48. The Labute approximate surface area is 120 Å². The summed E-state index contributed by atoms with van der Waals surface area (Å²) in [6.45, 7) is 4.12. The first kappa shape index (κ1) is 13.1. The number of nitrogens with two attached hydrogens (primary N) is 1. The Morgan fingerprint density at radius 1 is 1.00 bits per heavy atom. The van der Waals surface area contributed by atoms with Crippen molar-refractivity contribution in [1.29, 1.82) is 0 Å². The van der Waals surface area contributed by atoms with E-state index in [1.807, 2.05) is 12.3 Å². The minimum Gasteiger partial charge on any atom is -0.356 e. The molecule has 1 aromatic heterocycles. The third-order valence-electron chi connectivity index (χ3n) is 4.08. The van der Waals surface area contributed by atoms with Crippen molar-refractivity contribution >= 4 is 5.82 Å². The smallest absolute Gasteiger partial charge is 0.128 e. The first-order valence-corrected chi connectivity index (χ1v) is 7.19. The molecule has 3 rings (SSSR count). The Balaban J connectivity index is 1.74. The molecule has 2 aromatic rings. The number of hydrogen-bond acceptors (Lipinski definition) is 3. The van der Waals surface area contributed by atoms with Crippen molar-refractivity contribution in [2.45, 2.75) is 25.3 Å². The van der Waals surface area contributed by atoms with Gasteiger partial charge in [-0.05, 0) is 37.5 Å². The molecule has 1 fully saturated rings. The molecule has 1 aromatic carbocycles. The minimum atomic E-state index is -0.0134. The molecule has 0 unspecified atom stereocenters. The summed E-state index contributed by atoms with van der Waals surface area (Å²) in [5, 5.41) is 0. The summed E-state index contributed by atoms with van der Waals surface area (Å²) in [5.41, 5.74) is 8.53. The van der Waals surface area contributed by atoms with E-state index in [2.05, 4.69) is 53.2 Å². The maximum atomic E-state index is 6.17. The number of pyridine rings is 1. The highest BCUT2D eigenvalue weighted by Crippen LogP contribution is 2.25. The van der Waals surface area contributed by atoms with E-state index >= 15 is 0 Å². The summed E-state index contributed by atoms with van der Waals surface area (Å²) < 4.78 is 0. The van der Waals surface area contributed by atoms with Crippen molar-refractivity contribution in [1.82, 2.24) is 4.98 Å². The van der Waals surface area contributed by atoms with Crippen LogP contribution in [-0.4, -0.2) is 23.6 Å². The lowest BCUT2D eigenvalue weighted by molar-refractivity contribution is 0.363. The van der Waals surface area contributed by atoms with Crippen molar-refractivity contribution < 1.29 is 0 Å². The van der Waals surface area contributed by atoms with Crippen molar-refractivity contribution in [2.75, 3.05) is 18.0 Å². The third kappa shape index (κ3) is 2.83. The van der Waals surface area contributed by atoms with Gasteiger partial charge in [-0.3, -0.25) is 0 Å². The second-order valence-electron chi connectivity index (χ2n) is 5.91. The van der Waals surface area contributed by atoms with Crippen molar-refractivity contribution in [3.05, 3.63) is 48.7 Å². The summed E-state index contributed by atoms with van der Waals surface area (Å²) in [5.74, 6) is 1.06. The Hall–Kier alpha value is -1.87. The van der Waals surface area contributed by atoms with Crippen LogP contribution in [0, 0.1) is 0 Å². The molecule has 0 atom stereocenters. The van der Waals surface area contributed by atoms with Gasteiger partial charge in [0.15, 0.2) is 0 Å². The quantitative estimate of drug-likeness (QED) is 0.909. The van der Waals surface area contributed by atoms with Gasteiger partial charge in [0.1, 0.15) is 5.82 Å². The van der Waals surface area contributed by atoms with E-state index in [-0.39, 0.29) is 5.54 Å². The molecule has 0 radical (unpaired) electrons. The van der Waals surface area contributed by atoms with Crippen LogP contribution in [0.4, 0.5) is 5.82 Å². The second-order valence-corrected chi connectivity index (χ2v) is 5.91. The van der Waals surface area contributed by atoms with E-state index in [4.69, 9.17) is 5.73 Å². The van der Waals surface area contributed by atoms with Crippen LogP contribution < -0.4 is 10.6 Å². The maximum Gasteiger partial charge on any atom is 0.128 e. The van der Waals surface area contributed by atoms with Crippen LogP contribution in [0.25, 0.3) is 11.1 Å². The Bertz CT molecular complexity index is 551. The van der Waals surface area contributed by atoms with E-state index in [0.717, 1.165) is 37.3 Å². The number of hydrogen-bond donors (Lipinski definition) is 1. The van der Waals surface area contributed by atoms with E-state index in [1.54, 1.807) is 0 Å². The molecule has 3 nitrogen and oxygen atoms in total. The standard InChI is InChI=1S/C17H21N3/c1-17(18)9-11-20(12-10-17)16-8-7-15(13-19-16)14-5-3-2-4-6-14/h2-8,13H,9-12,18H2,1H3. The second kappa shape index (κ2) is 5.25. The number of rotatable bonds is 2. The minimum absolute atomic E-state index is 0.0134. The molecule has 0 amide bonds. The zero-order chi connectivity index (χ0) is 14.0. The van der Waals surface area contributed by atoms with Gasteiger partial charge in [0, 0.05) is 30.4 Å². The van der Waals surface area contributed by atoms with Gasteiger partial charge < -0.3 is 10.6 Å². The Kier molecular flexibility index (Phi) is 3.45. The van der Waals surface area contributed by atoms with Crippen molar-refractivity contribution in [3.8, 4) is 11.1 Å². The lowest BCUT2D eigenvalue weighted by atomic mass is 9.91. The van der Waals surface area contributed by atoms with Crippen LogP contribution in [0.15, 0.2) is 48.7 Å². The topological polar surface area (TPSA) is 42.1 Å². The molecular formula is C17H21N3. The predicted molar refractivity (Wildman–Crippen MR) is 83.7 cm³/mol. The normalized spacial score (nSPS) is 18.0. The number of nitrogens with zero attached hydrogens (tertiary/aromatic N) is 2. The molecule has 0 bridgehead atoms. The highest BCUT2D eigenvalue weighted by Gasteiger charge is 2.26. The molecule has 1 aliphatic heterocycles. The highest BCUT2D eigenvalue weighted by atomic mass is 15.2. The lowest BCUT2D eigenvalue weighted by Gasteiger charge is -2.37. The summed E-state index contributed by atoms with van der Waals surface area (Å²) in [4.78, 5) is 6.93. The molecule has 0 spiro atoms. The zero-order valence-corrected chi connectivity index (χ0v) is 11.9. The summed E-state index contributed by atoms with van der Waals surface area (Å²) in [7, 11) is 0. The Morgan fingerprint density at radius 2 is 1.70 bits per heavy atom. The largest absolute Gasteiger partial charge is 0.356 e. The SMILES string of the molecule is CC1(N)CCN(c2ccc(-c3ccccc3)cn2)CC1. The van der Waals surface area contributed by atoms with Crippen molar-refractivity contribution in [3.63, 3.8) is 0 Å². The molecule has 2 N–H and O–H groups in total. The van der Waals surface area contributed by atoms with Crippen LogP contribution in [0.1, 0.15) is 19.8 Å².